The molecule has 6 aliphatic rings. The summed E-state index contributed by atoms with van der Waals surface area (Å²) in [5.41, 5.74) is 1.96. The number of allylic oxidation sites excluding steroid dienone is 1. The van der Waals surface area contributed by atoms with E-state index in [4.69, 9.17) is 28.4 Å². The number of hydrogen-bond donors (Lipinski definition) is 1. The van der Waals surface area contributed by atoms with Gasteiger partial charge in [-0.05, 0) is 176 Å². The van der Waals surface area contributed by atoms with Crippen molar-refractivity contribution in [3.63, 3.8) is 0 Å². The quantitative estimate of drug-likeness (QED) is 0.0776. The predicted molar refractivity (Wildman–Crippen MR) is 283 cm³/mol. The molecule has 7 unspecified atom stereocenters. The van der Waals surface area contributed by atoms with Gasteiger partial charge in [-0.2, -0.15) is 0 Å². The smallest absolute Gasteiger partial charge is 0.338 e. The lowest BCUT2D eigenvalue weighted by atomic mass is 9.32. The highest BCUT2D eigenvalue weighted by Gasteiger charge is 2.71. The van der Waals surface area contributed by atoms with E-state index in [0.29, 0.717) is 23.3 Å². The highest BCUT2D eigenvalue weighted by molar-refractivity contribution is 5.91. The molecule has 1 saturated heterocycles. The van der Waals surface area contributed by atoms with Gasteiger partial charge in [0.05, 0.1) is 35.0 Å². The lowest BCUT2D eigenvalue weighted by Gasteiger charge is -2.73. The first-order chi connectivity index (χ1) is 35.9. The van der Waals surface area contributed by atoms with E-state index < -0.39 is 61.2 Å². The van der Waals surface area contributed by atoms with Gasteiger partial charge >= 0.3 is 23.9 Å². The Morgan fingerprint density at radius 1 is 0.573 bits per heavy atom. The summed E-state index contributed by atoms with van der Waals surface area (Å²) in [6.45, 7) is 19.0. The van der Waals surface area contributed by atoms with Crippen LogP contribution in [0.25, 0.3) is 0 Å². The van der Waals surface area contributed by atoms with Gasteiger partial charge in [0, 0.05) is 0 Å². The Bertz CT molecular complexity index is 2710. The average Bonchev–Trinajstić information content (AvgIpc) is 3.87. The van der Waals surface area contributed by atoms with Crippen molar-refractivity contribution < 1.29 is 52.7 Å². The number of carbonyl (C=O) groups excluding carboxylic acids is 4. The Balaban J connectivity index is 1.02. The number of ether oxygens (including phenoxy) is 6. The molecule has 11 nitrogen and oxygen atoms in total. The lowest BCUT2D eigenvalue weighted by molar-refractivity contribution is -0.309. The van der Waals surface area contributed by atoms with Crippen LogP contribution < -0.4 is 0 Å². The number of carbonyl (C=O) groups is 4. The summed E-state index contributed by atoms with van der Waals surface area (Å²) in [6, 6.07) is 33.9. The second-order valence-electron chi connectivity index (χ2n) is 24.5. The van der Waals surface area contributed by atoms with Crippen molar-refractivity contribution in [3.05, 3.63) is 156 Å². The van der Waals surface area contributed by atoms with Crippen molar-refractivity contribution in [1.29, 1.82) is 0 Å². The van der Waals surface area contributed by atoms with E-state index in [1.807, 2.05) is 0 Å². The minimum absolute atomic E-state index is 0.0334. The van der Waals surface area contributed by atoms with E-state index in [2.05, 4.69) is 48.1 Å². The van der Waals surface area contributed by atoms with E-state index in [1.54, 1.807) is 121 Å². The van der Waals surface area contributed by atoms with Crippen LogP contribution in [0.4, 0.5) is 0 Å². The molecular formula is C64H76O11. The largest absolute Gasteiger partial charge is 0.459 e. The van der Waals surface area contributed by atoms with E-state index in [-0.39, 0.29) is 68.3 Å². The summed E-state index contributed by atoms with van der Waals surface area (Å²) in [6.07, 6.45) is 2.80. The van der Waals surface area contributed by atoms with Crippen LogP contribution in [-0.2, 0) is 28.4 Å². The molecule has 0 bridgehead atoms. The Morgan fingerprint density at radius 3 is 1.64 bits per heavy atom. The number of hydrogen-bond acceptors (Lipinski definition) is 11. The molecule has 398 valence electrons. The summed E-state index contributed by atoms with van der Waals surface area (Å²) in [4.78, 5) is 56.6. The summed E-state index contributed by atoms with van der Waals surface area (Å²) < 4.78 is 39.3. The number of benzene rings is 4. The molecule has 0 amide bonds. The van der Waals surface area contributed by atoms with Gasteiger partial charge in [-0.15, -0.1) is 0 Å². The zero-order valence-electron chi connectivity index (χ0n) is 44.6. The zero-order chi connectivity index (χ0) is 52.9. The highest BCUT2D eigenvalue weighted by Crippen LogP contribution is 2.77. The lowest BCUT2D eigenvalue weighted by Crippen LogP contribution is -2.67. The average molecular weight is 1020 g/mol. The molecule has 0 spiro atoms. The molecule has 11 heteroatoms. The molecule has 75 heavy (non-hydrogen) atoms. The van der Waals surface area contributed by atoms with Crippen molar-refractivity contribution in [3.8, 4) is 0 Å². The third kappa shape index (κ3) is 9.47. The van der Waals surface area contributed by atoms with Gasteiger partial charge in [0.1, 0.15) is 12.7 Å². The van der Waals surface area contributed by atoms with Crippen LogP contribution in [0.1, 0.15) is 147 Å². The number of aliphatic hydroxyl groups is 1. The van der Waals surface area contributed by atoms with E-state index >= 15 is 0 Å². The first-order valence-electron chi connectivity index (χ1n) is 27.5. The summed E-state index contributed by atoms with van der Waals surface area (Å²) >= 11 is 0. The molecule has 15 atom stereocenters. The number of fused-ring (bicyclic) bond motifs is 7. The van der Waals surface area contributed by atoms with Gasteiger partial charge < -0.3 is 33.5 Å². The normalized spacial score (nSPS) is 36.5. The number of esters is 4. The van der Waals surface area contributed by atoms with E-state index in [0.717, 1.165) is 64.2 Å². The second-order valence-corrected chi connectivity index (χ2v) is 24.5. The van der Waals surface area contributed by atoms with Crippen LogP contribution in [-0.4, -0.2) is 79.0 Å². The van der Waals surface area contributed by atoms with E-state index in [1.165, 1.54) is 5.57 Å². The molecule has 5 saturated carbocycles. The summed E-state index contributed by atoms with van der Waals surface area (Å²) in [5, 5.41) is 11.3. The van der Waals surface area contributed by atoms with Crippen molar-refractivity contribution in [2.75, 3.05) is 13.2 Å². The molecule has 1 N–H and O–H groups in total. The van der Waals surface area contributed by atoms with Gasteiger partial charge in [-0.1, -0.05) is 120 Å². The summed E-state index contributed by atoms with van der Waals surface area (Å²) in [5.74, 6) is -0.993. The molecule has 1 aliphatic heterocycles. The third-order valence-electron chi connectivity index (χ3n) is 20.5. The maximum absolute atomic E-state index is 14.4. The van der Waals surface area contributed by atoms with Crippen molar-refractivity contribution in [1.82, 2.24) is 0 Å². The molecule has 1 heterocycles. The number of aliphatic hydroxyl groups excluding tert-OH is 1. The maximum atomic E-state index is 14.4. The van der Waals surface area contributed by atoms with Crippen LogP contribution >= 0.6 is 0 Å². The second kappa shape index (κ2) is 20.7. The molecule has 4 aromatic carbocycles. The minimum atomic E-state index is -1.51. The monoisotopic (exact) mass is 1020 g/mol. The first kappa shape index (κ1) is 52.8. The Morgan fingerprint density at radius 2 is 1.09 bits per heavy atom. The van der Waals surface area contributed by atoms with Gasteiger partial charge in [0.2, 0.25) is 0 Å². The highest BCUT2D eigenvalue weighted by atomic mass is 16.7. The van der Waals surface area contributed by atoms with Gasteiger partial charge in [0.15, 0.2) is 24.6 Å². The first-order valence-corrected chi connectivity index (χ1v) is 27.5. The molecular weight excluding hydrogens is 945 g/mol. The Kier molecular flexibility index (Phi) is 14.6. The van der Waals surface area contributed by atoms with Crippen molar-refractivity contribution >= 4 is 23.9 Å². The van der Waals surface area contributed by atoms with Crippen LogP contribution in [0.15, 0.2) is 133 Å². The topological polar surface area (TPSA) is 144 Å². The van der Waals surface area contributed by atoms with Gasteiger partial charge in [-0.3, -0.25) is 0 Å². The maximum Gasteiger partial charge on any atom is 0.338 e. The van der Waals surface area contributed by atoms with Crippen molar-refractivity contribution in [2.24, 2.45) is 56.7 Å². The number of rotatable bonds is 13. The molecule has 6 fully saturated rings. The Labute approximate surface area is 443 Å². The molecule has 4 aromatic rings. The fourth-order valence-electron chi connectivity index (χ4n) is 16.4. The molecule has 0 radical (unpaired) electrons. The minimum Gasteiger partial charge on any atom is -0.459 e. The van der Waals surface area contributed by atoms with Gasteiger partial charge in [-0.25, -0.2) is 19.2 Å². The van der Waals surface area contributed by atoms with Crippen LogP contribution in [0.5, 0.6) is 0 Å². The van der Waals surface area contributed by atoms with E-state index in [9.17, 15) is 24.3 Å². The van der Waals surface area contributed by atoms with Crippen molar-refractivity contribution in [2.45, 2.75) is 143 Å². The Hall–Kier alpha value is -5.62. The fourth-order valence-corrected chi connectivity index (χ4v) is 16.4. The molecule has 0 aromatic heterocycles. The van der Waals surface area contributed by atoms with Crippen LogP contribution in [0, 0.1) is 56.7 Å². The standard InChI is InChI=1S/C64H76O11/c1-40(2)45-30-35-64(37-36-62(6)46(51(45)64)28-29-49-61(5)33-32-50(65)60(3,4)48(61)31-34-63(49,62)7)39-71-59-54(75-58(69)44-26-18-11-19-27-44)53(74-57(68)43-24-16-10-17-25-43)52(73-56(67)42-22-14-9-15-23-42)47(72-59)38-70-55(66)41-20-12-8-13-21-41/h8-27,45-54,59,65H,1,28-39H2,2-7H3/t45-,46?,47?,48?,49?,50-,51?,52+,53?,54?,59+,61-,62+,63+,64+/m0/s1. The fraction of sp³-hybridized carbons (Fsp3) is 0.531. The summed E-state index contributed by atoms with van der Waals surface area (Å²) in [7, 11) is 0. The SMILES string of the molecule is C=C(C)[C@@H]1CC[C@]2(CO[C@@H]3OC(COC(=O)c4ccccc4)[C@@H](OC(=O)c4ccccc4)C(OC(=O)c4ccccc4)C3OC(=O)c3ccccc3)CC[C@]3(C)C(CCC4[C@@]5(C)CC[C@H](O)C(C)(C)C5CC[C@]43C)C12. The molecule has 5 aliphatic carbocycles. The van der Waals surface area contributed by atoms with Gasteiger partial charge in [0.25, 0.3) is 0 Å². The zero-order valence-corrected chi connectivity index (χ0v) is 44.6. The van der Waals surface area contributed by atoms with Crippen LogP contribution in [0.2, 0.25) is 0 Å². The van der Waals surface area contributed by atoms with Crippen LogP contribution in [0.3, 0.4) is 0 Å². The predicted octanol–water partition coefficient (Wildman–Crippen LogP) is 12.3. The third-order valence-corrected chi connectivity index (χ3v) is 20.5. The molecule has 10 rings (SSSR count).